The van der Waals surface area contributed by atoms with Crippen molar-refractivity contribution < 1.29 is 14.8 Å². The summed E-state index contributed by atoms with van der Waals surface area (Å²) in [4.78, 5) is 20.6. The molecule has 0 aromatic heterocycles. The molecule has 0 radical (unpaired) electrons. The Morgan fingerprint density at radius 1 is 1.61 bits per heavy atom. The Labute approximate surface area is 112 Å². The topological polar surface area (TPSA) is 92.5 Å². The first-order chi connectivity index (χ1) is 8.40. The zero-order chi connectivity index (χ0) is 13.7. The minimum Gasteiger partial charge on any atom is -0.481 e. The number of hydrogen-bond donors (Lipinski definition) is 2. The summed E-state index contributed by atoms with van der Waals surface area (Å²) in [6.45, 7) is 2.31. The maximum absolute atomic E-state index is 10.6. The summed E-state index contributed by atoms with van der Waals surface area (Å²) < 4.78 is 0.583. The Kier molecular flexibility index (Phi) is 5.08. The van der Waals surface area contributed by atoms with Gasteiger partial charge in [0.15, 0.2) is 0 Å². The molecule has 0 fully saturated rings. The zero-order valence-electron chi connectivity index (χ0n) is 9.72. The van der Waals surface area contributed by atoms with Gasteiger partial charge in [0.05, 0.1) is 4.92 Å². The van der Waals surface area contributed by atoms with Gasteiger partial charge in [-0.05, 0) is 27.9 Å². The summed E-state index contributed by atoms with van der Waals surface area (Å²) in [7, 11) is 0. The van der Waals surface area contributed by atoms with Crippen LogP contribution in [-0.4, -0.2) is 22.5 Å². The fourth-order valence-corrected chi connectivity index (χ4v) is 1.92. The van der Waals surface area contributed by atoms with Crippen LogP contribution in [0.4, 0.5) is 11.4 Å². The minimum atomic E-state index is -0.841. The highest BCUT2D eigenvalue weighted by atomic mass is 79.9. The highest BCUT2D eigenvalue weighted by Gasteiger charge is 2.11. The van der Waals surface area contributed by atoms with E-state index in [0.29, 0.717) is 16.7 Å². The number of carboxylic acids is 1. The fraction of sp³-hybridized carbons (Fsp3) is 0.364. The van der Waals surface area contributed by atoms with Crippen molar-refractivity contribution in [3.63, 3.8) is 0 Å². The summed E-state index contributed by atoms with van der Waals surface area (Å²) in [5, 5.41) is 22.2. The lowest BCUT2D eigenvalue weighted by atomic mass is 10.1. The minimum absolute atomic E-state index is 0.00556. The van der Waals surface area contributed by atoms with E-state index in [1.807, 2.05) is 6.92 Å². The second-order valence-corrected chi connectivity index (χ2v) is 4.86. The van der Waals surface area contributed by atoms with Gasteiger partial charge in [0.25, 0.3) is 5.69 Å². The number of non-ortho nitro benzene ring substituents is 1. The molecule has 0 amide bonds. The third-order valence-corrected chi connectivity index (χ3v) is 2.98. The normalized spacial score (nSPS) is 11.9. The van der Waals surface area contributed by atoms with Crippen LogP contribution in [-0.2, 0) is 4.79 Å². The molecule has 0 aliphatic carbocycles. The third kappa shape index (κ3) is 4.33. The average molecular weight is 317 g/mol. The molecule has 0 saturated heterocycles. The number of nitro groups is 1. The Morgan fingerprint density at radius 2 is 2.28 bits per heavy atom. The van der Waals surface area contributed by atoms with Gasteiger partial charge in [-0.25, -0.2) is 0 Å². The van der Waals surface area contributed by atoms with E-state index in [-0.39, 0.29) is 18.0 Å². The molecule has 0 heterocycles. The van der Waals surface area contributed by atoms with Crippen LogP contribution in [0.1, 0.15) is 13.3 Å². The summed E-state index contributed by atoms with van der Waals surface area (Å²) in [6, 6.07) is 4.40. The fourth-order valence-electron chi connectivity index (χ4n) is 1.42. The molecule has 2 N–H and O–H groups in total. The molecule has 1 atom stereocenters. The van der Waals surface area contributed by atoms with Crippen LogP contribution < -0.4 is 5.32 Å². The molecule has 0 bridgehead atoms. The number of nitrogens with zero attached hydrogens (tertiary/aromatic N) is 1. The maximum Gasteiger partial charge on any atom is 0.303 e. The van der Waals surface area contributed by atoms with Gasteiger partial charge in [-0.15, -0.1) is 0 Å². The van der Waals surface area contributed by atoms with E-state index in [9.17, 15) is 14.9 Å². The van der Waals surface area contributed by atoms with Crippen molar-refractivity contribution in [1.29, 1.82) is 0 Å². The smallest absolute Gasteiger partial charge is 0.303 e. The molecule has 1 unspecified atom stereocenters. The average Bonchev–Trinajstić information content (AvgIpc) is 2.26. The van der Waals surface area contributed by atoms with Crippen molar-refractivity contribution in [2.75, 3.05) is 11.9 Å². The van der Waals surface area contributed by atoms with E-state index in [1.165, 1.54) is 12.1 Å². The van der Waals surface area contributed by atoms with Gasteiger partial charge >= 0.3 is 5.97 Å². The molecule has 0 spiro atoms. The number of carbonyl (C=O) groups is 1. The number of benzene rings is 1. The van der Waals surface area contributed by atoms with Crippen molar-refractivity contribution >= 4 is 33.3 Å². The summed E-state index contributed by atoms with van der Waals surface area (Å²) >= 11 is 3.23. The zero-order valence-corrected chi connectivity index (χ0v) is 11.3. The van der Waals surface area contributed by atoms with Crippen molar-refractivity contribution in [3.05, 3.63) is 32.8 Å². The molecule has 0 saturated carbocycles. The van der Waals surface area contributed by atoms with E-state index in [4.69, 9.17) is 5.11 Å². The molecule has 1 rings (SSSR count). The van der Waals surface area contributed by atoms with Crippen LogP contribution in [0, 0.1) is 16.0 Å². The van der Waals surface area contributed by atoms with Gasteiger partial charge in [-0.3, -0.25) is 14.9 Å². The van der Waals surface area contributed by atoms with E-state index < -0.39 is 10.9 Å². The Bertz CT molecular complexity index is 464. The monoisotopic (exact) mass is 316 g/mol. The van der Waals surface area contributed by atoms with Gasteiger partial charge < -0.3 is 10.4 Å². The summed E-state index contributed by atoms with van der Waals surface area (Å²) in [5.74, 6) is -0.864. The van der Waals surface area contributed by atoms with Crippen molar-refractivity contribution in [2.24, 2.45) is 5.92 Å². The molecule has 1 aromatic carbocycles. The predicted octanol–water partition coefficient (Wildman–Crippen LogP) is 2.88. The molecule has 6 nitrogen and oxygen atoms in total. The number of carboxylic acid groups (broad SMARTS) is 1. The van der Waals surface area contributed by atoms with Crippen LogP contribution in [0.25, 0.3) is 0 Å². The molecule has 98 valence electrons. The van der Waals surface area contributed by atoms with Gasteiger partial charge in [-0.1, -0.05) is 6.92 Å². The molecule has 0 aliphatic rings. The first kappa shape index (κ1) is 14.4. The number of rotatable bonds is 6. The Hall–Kier alpha value is -1.63. The predicted molar refractivity (Wildman–Crippen MR) is 70.7 cm³/mol. The third-order valence-electron chi connectivity index (χ3n) is 2.33. The first-order valence-electron chi connectivity index (χ1n) is 5.29. The Morgan fingerprint density at radius 3 is 2.78 bits per heavy atom. The molecule has 1 aromatic rings. The second-order valence-electron chi connectivity index (χ2n) is 4.01. The number of hydrogen-bond acceptors (Lipinski definition) is 4. The van der Waals surface area contributed by atoms with Gasteiger partial charge in [-0.2, -0.15) is 0 Å². The Balaban J connectivity index is 2.63. The first-order valence-corrected chi connectivity index (χ1v) is 6.09. The van der Waals surface area contributed by atoms with Gasteiger partial charge in [0.2, 0.25) is 0 Å². The molecule has 7 heteroatoms. The second kappa shape index (κ2) is 6.34. The van der Waals surface area contributed by atoms with E-state index in [2.05, 4.69) is 21.2 Å². The number of nitrogens with one attached hydrogen (secondary N) is 1. The van der Waals surface area contributed by atoms with Crippen LogP contribution >= 0.6 is 15.9 Å². The maximum atomic E-state index is 10.6. The van der Waals surface area contributed by atoms with Crippen molar-refractivity contribution in [2.45, 2.75) is 13.3 Å². The SMILES string of the molecule is CC(CNc1ccc([N+](=O)[O-])cc1Br)CC(=O)O. The van der Waals surface area contributed by atoms with Crippen molar-refractivity contribution in [1.82, 2.24) is 0 Å². The van der Waals surface area contributed by atoms with Crippen LogP contribution in [0.3, 0.4) is 0 Å². The summed E-state index contributed by atoms with van der Waals surface area (Å²) in [5.41, 5.74) is 0.712. The van der Waals surface area contributed by atoms with Crippen molar-refractivity contribution in [3.8, 4) is 0 Å². The van der Waals surface area contributed by atoms with Crippen LogP contribution in [0.5, 0.6) is 0 Å². The summed E-state index contributed by atoms with van der Waals surface area (Å²) in [6.07, 6.45) is 0.0810. The largest absolute Gasteiger partial charge is 0.481 e. The molecule has 18 heavy (non-hydrogen) atoms. The lowest BCUT2D eigenvalue weighted by Crippen LogP contribution is -2.15. The number of nitro benzene ring substituents is 1. The lowest BCUT2D eigenvalue weighted by Gasteiger charge is -2.12. The molecular formula is C11H13BrN2O4. The highest BCUT2D eigenvalue weighted by Crippen LogP contribution is 2.27. The molecular weight excluding hydrogens is 304 g/mol. The van der Waals surface area contributed by atoms with E-state index >= 15 is 0 Å². The number of aliphatic carboxylic acids is 1. The van der Waals surface area contributed by atoms with E-state index in [1.54, 1.807) is 6.07 Å². The van der Waals surface area contributed by atoms with Crippen LogP contribution in [0.15, 0.2) is 22.7 Å². The lowest BCUT2D eigenvalue weighted by molar-refractivity contribution is -0.384. The quantitative estimate of drug-likeness (QED) is 0.621. The number of halogens is 1. The van der Waals surface area contributed by atoms with E-state index in [0.717, 1.165) is 0 Å². The van der Waals surface area contributed by atoms with Gasteiger partial charge in [0.1, 0.15) is 0 Å². The molecule has 0 aliphatic heterocycles. The standard InChI is InChI=1S/C11H13BrN2O4/c1-7(4-11(15)16)6-13-10-3-2-8(14(17)18)5-9(10)12/h2-3,5,7,13H,4,6H2,1H3,(H,15,16). The highest BCUT2D eigenvalue weighted by molar-refractivity contribution is 9.10. The van der Waals surface area contributed by atoms with Gasteiger partial charge in [0, 0.05) is 35.3 Å². The number of anilines is 1. The van der Waals surface area contributed by atoms with Crippen LogP contribution in [0.2, 0.25) is 0 Å².